The highest BCUT2D eigenvalue weighted by Gasteiger charge is 2.24. The van der Waals surface area contributed by atoms with Crippen LogP contribution in [0, 0.1) is 0 Å². The van der Waals surface area contributed by atoms with Crippen LogP contribution in [0.25, 0.3) is 6.08 Å². The fourth-order valence-electron chi connectivity index (χ4n) is 2.41. The standard InChI is InChI=1S/C19H17N3O6S2/c20-30(26,27)16-7-3-13(4-8-16)21-10-14(23)11-28-15-5-1-12(2-6-15)9-17-18(24)22-19(25)29-17/h1-9,21H,10-11H2,(H2,20,26,27)(H,22,24,25)/b17-9-. The van der Waals surface area contributed by atoms with Crippen molar-refractivity contribution in [3.8, 4) is 5.75 Å². The van der Waals surface area contributed by atoms with E-state index in [-0.39, 0.29) is 23.8 Å². The molecule has 11 heteroatoms. The summed E-state index contributed by atoms with van der Waals surface area (Å²) in [6.45, 7) is -0.158. The van der Waals surface area contributed by atoms with E-state index in [1.54, 1.807) is 30.3 Å². The van der Waals surface area contributed by atoms with Gasteiger partial charge in [-0.05, 0) is 59.8 Å². The van der Waals surface area contributed by atoms with Crippen LogP contribution in [0.4, 0.5) is 10.5 Å². The van der Waals surface area contributed by atoms with Crippen molar-refractivity contribution in [2.45, 2.75) is 4.90 Å². The number of thioether (sulfide) groups is 1. The number of amides is 2. The van der Waals surface area contributed by atoms with E-state index in [9.17, 15) is 22.8 Å². The summed E-state index contributed by atoms with van der Waals surface area (Å²) in [4.78, 5) is 35.0. The summed E-state index contributed by atoms with van der Waals surface area (Å²) in [5.41, 5.74) is 1.28. The van der Waals surface area contributed by atoms with Gasteiger partial charge in [0, 0.05) is 5.69 Å². The number of benzene rings is 2. The third-order valence-corrected chi connectivity index (χ3v) is 5.63. The maximum Gasteiger partial charge on any atom is 0.290 e. The Labute approximate surface area is 176 Å². The predicted molar refractivity (Wildman–Crippen MR) is 112 cm³/mol. The van der Waals surface area contributed by atoms with Crippen LogP contribution in [0.3, 0.4) is 0 Å². The second-order valence-electron chi connectivity index (χ2n) is 6.17. The summed E-state index contributed by atoms with van der Waals surface area (Å²) in [7, 11) is -3.76. The van der Waals surface area contributed by atoms with Crippen molar-refractivity contribution in [3.63, 3.8) is 0 Å². The van der Waals surface area contributed by atoms with Gasteiger partial charge in [0.1, 0.15) is 12.4 Å². The SMILES string of the molecule is NS(=O)(=O)c1ccc(NCC(=O)COc2ccc(/C=C3\SC(=O)NC3=O)cc2)cc1. The maximum atomic E-state index is 12.0. The van der Waals surface area contributed by atoms with Crippen molar-refractivity contribution in [1.82, 2.24) is 5.32 Å². The molecule has 1 fully saturated rings. The molecular weight excluding hydrogens is 430 g/mol. The molecule has 0 aromatic heterocycles. The molecule has 1 heterocycles. The van der Waals surface area contributed by atoms with Crippen molar-refractivity contribution in [2.75, 3.05) is 18.5 Å². The van der Waals surface area contributed by atoms with Crippen LogP contribution in [0.2, 0.25) is 0 Å². The molecule has 0 unspecified atom stereocenters. The van der Waals surface area contributed by atoms with Crippen molar-refractivity contribution < 1.29 is 27.5 Å². The van der Waals surface area contributed by atoms with Gasteiger partial charge in [-0.15, -0.1) is 0 Å². The Hall–Kier alpha value is -3.15. The summed E-state index contributed by atoms with van der Waals surface area (Å²) in [5, 5.41) is 9.68. The Balaban J connectivity index is 1.47. The molecule has 0 bridgehead atoms. The van der Waals surface area contributed by atoms with Crippen LogP contribution in [-0.4, -0.2) is 38.5 Å². The van der Waals surface area contributed by atoms with Gasteiger partial charge in [-0.2, -0.15) is 0 Å². The monoisotopic (exact) mass is 447 g/mol. The number of imide groups is 1. The van der Waals surface area contributed by atoms with Crippen LogP contribution in [-0.2, 0) is 19.6 Å². The number of nitrogens with two attached hydrogens (primary N) is 1. The van der Waals surface area contributed by atoms with E-state index in [0.717, 1.165) is 11.8 Å². The predicted octanol–water partition coefficient (Wildman–Crippen LogP) is 1.72. The fourth-order valence-corrected chi connectivity index (χ4v) is 3.61. The van der Waals surface area contributed by atoms with E-state index < -0.39 is 21.2 Å². The number of anilines is 1. The van der Waals surface area contributed by atoms with E-state index in [1.165, 1.54) is 24.3 Å². The minimum absolute atomic E-state index is 0.000728. The van der Waals surface area contributed by atoms with Crippen molar-refractivity contribution in [3.05, 3.63) is 59.0 Å². The van der Waals surface area contributed by atoms with E-state index in [0.29, 0.717) is 21.9 Å². The fraction of sp³-hybridized carbons (Fsp3) is 0.105. The molecule has 4 N–H and O–H groups in total. The normalized spacial score (nSPS) is 15.2. The van der Waals surface area contributed by atoms with Gasteiger partial charge in [0.05, 0.1) is 16.3 Å². The molecule has 9 nitrogen and oxygen atoms in total. The first-order chi connectivity index (χ1) is 14.2. The average molecular weight is 447 g/mol. The van der Waals surface area contributed by atoms with Gasteiger partial charge in [-0.25, -0.2) is 13.6 Å². The molecule has 2 aromatic rings. The van der Waals surface area contributed by atoms with Gasteiger partial charge in [0.15, 0.2) is 5.78 Å². The Bertz CT molecular complexity index is 1110. The second-order valence-corrected chi connectivity index (χ2v) is 8.75. The number of ether oxygens (including phenoxy) is 1. The molecule has 0 atom stereocenters. The summed E-state index contributed by atoms with van der Waals surface area (Å²) >= 11 is 0.835. The summed E-state index contributed by atoms with van der Waals surface area (Å²) in [5.74, 6) is -0.167. The van der Waals surface area contributed by atoms with Gasteiger partial charge in [0.25, 0.3) is 11.1 Å². The van der Waals surface area contributed by atoms with Crippen molar-refractivity contribution in [1.29, 1.82) is 0 Å². The summed E-state index contributed by atoms with van der Waals surface area (Å²) < 4.78 is 27.9. The van der Waals surface area contributed by atoms with E-state index >= 15 is 0 Å². The highest BCUT2D eigenvalue weighted by Crippen LogP contribution is 2.26. The third-order valence-electron chi connectivity index (χ3n) is 3.89. The smallest absolute Gasteiger partial charge is 0.290 e. The largest absolute Gasteiger partial charge is 0.486 e. The van der Waals surface area contributed by atoms with Crippen LogP contribution < -0.4 is 20.5 Å². The number of hydrogen-bond acceptors (Lipinski definition) is 8. The zero-order valence-electron chi connectivity index (χ0n) is 15.5. The second kappa shape index (κ2) is 9.11. The number of ketones is 1. The van der Waals surface area contributed by atoms with Gasteiger partial charge < -0.3 is 10.1 Å². The molecule has 156 valence electrons. The minimum atomic E-state index is -3.76. The number of Topliss-reactive ketones (excluding diaryl/α,β-unsaturated/α-hetero) is 1. The highest BCUT2D eigenvalue weighted by molar-refractivity contribution is 8.18. The minimum Gasteiger partial charge on any atom is -0.486 e. The molecule has 3 rings (SSSR count). The van der Waals surface area contributed by atoms with Gasteiger partial charge >= 0.3 is 0 Å². The van der Waals surface area contributed by atoms with Gasteiger partial charge in [-0.3, -0.25) is 19.7 Å². The quantitative estimate of drug-likeness (QED) is 0.519. The first-order valence-electron chi connectivity index (χ1n) is 8.57. The molecule has 0 spiro atoms. The molecule has 1 saturated heterocycles. The Morgan fingerprint density at radius 3 is 2.33 bits per heavy atom. The number of sulfonamides is 1. The van der Waals surface area contributed by atoms with Gasteiger partial charge in [-0.1, -0.05) is 12.1 Å². The van der Waals surface area contributed by atoms with E-state index in [4.69, 9.17) is 9.88 Å². The van der Waals surface area contributed by atoms with Crippen LogP contribution in [0.15, 0.2) is 58.3 Å². The molecule has 0 saturated carbocycles. The molecular formula is C19H17N3O6S2. The van der Waals surface area contributed by atoms with Crippen molar-refractivity contribution in [2.24, 2.45) is 5.14 Å². The molecule has 2 aromatic carbocycles. The zero-order chi connectivity index (χ0) is 21.7. The lowest BCUT2D eigenvalue weighted by molar-refractivity contribution is -0.119. The molecule has 0 aliphatic carbocycles. The molecule has 30 heavy (non-hydrogen) atoms. The van der Waals surface area contributed by atoms with E-state index in [2.05, 4.69) is 10.6 Å². The molecule has 2 amide bonds. The summed E-state index contributed by atoms with van der Waals surface area (Å²) in [6.07, 6.45) is 1.59. The number of carbonyl (C=O) groups is 3. The first-order valence-corrected chi connectivity index (χ1v) is 10.9. The number of rotatable bonds is 8. The number of nitrogens with one attached hydrogen (secondary N) is 2. The summed E-state index contributed by atoms with van der Waals surface area (Å²) in [6, 6.07) is 12.4. The third kappa shape index (κ3) is 5.92. The number of hydrogen-bond donors (Lipinski definition) is 3. The van der Waals surface area contributed by atoms with E-state index in [1.807, 2.05) is 0 Å². The lowest BCUT2D eigenvalue weighted by Crippen LogP contribution is -2.20. The molecule has 0 radical (unpaired) electrons. The molecule has 1 aliphatic heterocycles. The average Bonchev–Trinajstić information content (AvgIpc) is 3.02. The first kappa shape index (κ1) is 21.6. The van der Waals surface area contributed by atoms with Gasteiger partial charge in [0.2, 0.25) is 10.0 Å². The van der Waals surface area contributed by atoms with Crippen molar-refractivity contribution >= 4 is 50.5 Å². The Kier molecular flexibility index (Phi) is 6.55. The Morgan fingerprint density at radius 2 is 1.77 bits per heavy atom. The van der Waals surface area contributed by atoms with Crippen LogP contribution in [0.5, 0.6) is 5.75 Å². The lowest BCUT2D eigenvalue weighted by atomic mass is 10.2. The lowest BCUT2D eigenvalue weighted by Gasteiger charge is -2.08. The number of carbonyl (C=O) groups excluding carboxylic acids is 3. The van der Waals surface area contributed by atoms with Crippen LogP contribution >= 0.6 is 11.8 Å². The highest BCUT2D eigenvalue weighted by atomic mass is 32.2. The topological polar surface area (TPSA) is 145 Å². The van der Waals surface area contributed by atoms with Crippen LogP contribution in [0.1, 0.15) is 5.56 Å². The Morgan fingerprint density at radius 1 is 1.10 bits per heavy atom. The molecule has 1 aliphatic rings. The number of primary sulfonamides is 1. The zero-order valence-corrected chi connectivity index (χ0v) is 17.1. The maximum absolute atomic E-state index is 12.0.